The third-order valence-electron chi connectivity index (χ3n) is 8.34. The summed E-state index contributed by atoms with van der Waals surface area (Å²) in [6, 6.07) is 0. The van der Waals surface area contributed by atoms with Gasteiger partial charge in [-0.2, -0.15) is 0 Å². The van der Waals surface area contributed by atoms with E-state index in [1.165, 1.54) is 32.1 Å². The second-order valence-corrected chi connectivity index (χ2v) is 9.26. The van der Waals surface area contributed by atoms with Crippen LogP contribution in [0, 0.1) is 23.2 Å². The monoisotopic (exact) mass is 362 g/mol. The molecule has 0 heterocycles. The Bertz CT molecular complexity index is 605. The number of carbonyl (C=O) groups excluding carboxylic acids is 1. The molecule has 0 amide bonds. The van der Waals surface area contributed by atoms with Crippen LogP contribution in [-0.2, 0) is 19.0 Å². The molecule has 0 unspecified atom stereocenters. The minimum Gasteiger partial charge on any atom is -0.462 e. The van der Waals surface area contributed by atoms with Crippen molar-refractivity contribution < 1.29 is 19.0 Å². The Balaban J connectivity index is 1.56. The van der Waals surface area contributed by atoms with Crippen LogP contribution in [0.15, 0.2) is 11.1 Å². The largest absolute Gasteiger partial charge is 0.462 e. The van der Waals surface area contributed by atoms with E-state index in [9.17, 15) is 4.79 Å². The highest BCUT2D eigenvalue weighted by Gasteiger charge is 2.57. The van der Waals surface area contributed by atoms with Gasteiger partial charge in [-0.3, -0.25) is 4.79 Å². The van der Waals surface area contributed by atoms with E-state index >= 15 is 0 Å². The first-order chi connectivity index (χ1) is 12.4. The van der Waals surface area contributed by atoms with Crippen LogP contribution in [0.3, 0.4) is 0 Å². The molecule has 5 atom stereocenters. The predicted molar refractivity (Wildman–Crippen MR) is 99.5 cm³/mol. The Morgan fingerprint density at radius 3 is 2.50 bits per heavy atom. The molecule has 4 aliphatic carbocycles. The lowest BCUT2D eigenvalue weighted by molar-refractivity contribution is -0.213. The van der Waals surface area contributed by atoms with Crippen molar-refractivity contribution in [2.75, 3.05) is 14.2 Å². The van der Waals surface area contributed by atoms with E-state index in [2.05, 4.69) is 6.92 Å². The summed E-state index contributed by atoms with van der Waals surface area (Å²) in [6.07, 6.45) is 10.3. The average Bonchev–Trinajstić information content (AvgIpc) is 2.97. The molecule has 26 heavy (non-hydrogen) atoms. The maximum atomic E-state index is 11.6. The van der Waals surface area contributed by atoms with E-state index in [0.717, 1.165) is 37.5 Å². The van der Waals surface area contributed by atoms with Crippen molar-refractivity contribution in [1.82, 2.24) is 0 Å². The summed E-state index contributed by atoms with van der Waals surface area (Å²) in [4.78, 5) is 11.6. The second kappa shape index (κ2) is 6.63. The molecule has 0 aromatic rings. The van der Waals surface area contributed by atoms with Gasteiger partial charge in [0.15, 0.2) is 5.79 Å². The summed E-state index contributed by atoms with van der Waals surface area (Å²) in [6.45, 7) is 3.94. The molecule has 0 aliphatic heterocycles. The fourth-order valence-corrected chi connectivity index (χ4v) is 6.97. The fourth-order valence-electron chi connectivity index (χ4n) is 6.97. The molecule has 2 saturated carbocycles. The quantitative estimate of drug-likeness (QED) is 0.417. The van der Waals surface area contributed by atoms with Crippen molar-refractivity contribution in [3.63, 3.8) is 0 Å². The molecule has 4 heteroatoms. The topological polar surface area (TPSA) is 44.8 Å². The number of fused-ring (bicyclic) bond motifs is 4. The smallest absolute Gasteiger partial charge is 0.302 e. The molecule has 4 aliphatic rings. The van der Waals surface area contributed by atoms with Crippen LogP contribution in [0.4, 0.5) is 0 Å². The van der Waals surface area contributed by atoms with Crippen LogP contribution in [0.5, 0.6) is 0 Å². The number of allylic oxidation sites excluding steroid dienone is 1. The first-order valence-electron chi connectivity index (χ1n) is 10.4. The Morgan fingerprint density at radius 2 is 1.81 bits per heavy atom. The van der Waals surface area contributed by atoms with Crippen molar-refractivity contribution in [2.45, 2.75) is 83.5 Å². The molecule has 146 valence electrons. The van der Waals surface area contributed by atoms with Crippen molar-refractivity contribution >= 4 is 5.97 Å². The first-order valence-corrected chi connectivity index (χ1v) is 10.4. The third-order valence-corrected chi connectivity index (χ3v) is 8.34. The number of ether oxygens (including phenoxy) is 3. The Labute approximate surface area is 157 Å². The summed E-state index contributed by atoms with van der Waals surface area (Å²) in [5.41, 5.74) is 3.52. The maximum absolute atomic E-state index is 11.6. The maximum Gasteiger partial charge on any atom is 0.302 e. The van der Waals surface area contributed by atoms with E-state index in [4.69, 9.17) is 14.2 Å². The zero-order chi connectivity index (χ0) is 18.5. The van der Waals surface area contributed by atoms with Crippen molar-refractivity contribution in [3.05, 3.63) is 11.1 Å². The van der Waals surface area contributed by atoms with Gasteiger partial charge in [0.1, 0.15) is 6.10 Å². The van der Waals surface area contributed by atoms with Gasteiger partial charge in [-0.15, -0.1) is 0 Å². The van der Waals surface area contributed by atoms with Gasteiger partial charge in [0.2, 0.25) is 0 Å². The van der Waals surface area contributed by atoms with Gasteiger partial charge < -0.3 is 14.2 Å². The molecule has 0 aromatic carbocycles. The van der Waals surface area contributed by atoms with Crippen LogP contribution >= 0.6 is 0 Å². The predicted octanol–water partition coefficient (Wildman–Crippen LogP) is 4.62. The van der Waals surface area contributed by atoms with Gasteiger partial charge in [-0.1, -0.05) is 18.1 Å². The van der Waals surface area contributed by atoms with Crippen LogP contribution in [0.2, 0.25) is 0 Å². The number of hydrogen-bond donors (Lipinski definition) is 0. The molecule has 0 N–H and O–H groups in total. The number of rotatable bonds is 3. The average molecular weight is 363 g/mol. The standard InChI is InChI=1S/C22H34O4/c1-14(23)26-20-8-7-19-18-6-5-15-13-22(24-3,25-4)12-10-16(15)17(18)9-11-21(19,20)2/h17-20H,5-13H2,1-4H3/t17-,18-,19+,20-,21+/m1/s1. The summed E-state index contributed by atoms with van der Waals surface area (Å²) in [5.74, 6) is 1.69. The Kier molecular flexibility index (Phi) is 4.71. The van der Waals surface area contributed by atoms with E-state index in [1.54, 1.807) is 32.3 Å². The van der Waals surface area contributed by atoms with E-state index < -0.39 is 5.79 Å². The van der Waals surface area contributed by atoms with Crippen molar-refractivity contribution in [2.24, 2.45) is 23.2 Å². The zero-order valence-electron chi connectivity index (χ0n) is 16.8. The van der Waals surface area contributed by atoms with Gasteiger partial charge in [0.05, 0.1) is 0 Å². The van der Waals surface area contributed by atoms with E-state index in [-0.39, 0.29) is 17.5 Å². The summed E-state index contributed by atoms with van der Waals surface area (Å²) >= 11 is 0. The number of methoxy groups -OCH3 is 2. The van der Waals surface area contributed by atoms with Gasteiger partial charge >= 0.3 is 5.97 Å². The zero-order valence-corrected chi connectivity index (χ0v) is 16.8. The second-order valence-electron chi connectivity index (χ2n) is 9.26. The molecule has 0 bridgehead atoms. The highest BCUT2D eigenvalue weighted by molar-refractivity contribution is 5.66. The van der Waals surface area contributed by atoms with Crippen LogP contribution in [0.1, 0.15) is 71.6 Å². The summed E-state index contributed by atoms with van der Waals surface area (Å²) in [7, 11) is 3.56. The number of esters is 1. The van der Waals surface area contributed by atoms with Crippen LogP contribution < -0.4 is 0 Å². The summed E-state index contributed by atoms with van der Waals surface area (Å²) < 4.78 is 17.2. The number of carbonyl (C=O) groups is 1. The van der Waals surface area contributed by atoms with Crippen LogP contribution in [-0.4, -0.2) is 32.1 Å². The highest BCUT2D eigenvalue weighted by Crippen LogP contribution is 2.62. The minimum absolute atomic E-state index is 0.115. The molecular formula is C22H34O4. The van der Waals surface area contributed by atoms with Crippen LogP contribution in [0.25, 0.3) is 0 Å². The van der Waals surface area contributed by atoms with Gasteiger partial charge in [0.25, 0.3) is 0 Å². The number of hydrogen-bond acceptors (Lipinski definition) is 4. The fraction of sp³-hybridized carbons (Fsp3) is 0.864. The van der Waals surface area contributed by atoms with E-state index in [1.807, 2.05) is 0 Å². The SMILES string of the molecule is COC1(OC)CCC2=C(CC[C@@H]3[C@@H]2CC[C@]2(C)[C@H](OC(C)=O)CC[C@@H]32)C1. The molecule has 4 rings (SSSR count). The Hall–Kier alpha value is -0.870. The molecular weight excluding hydrogens is 328 g/mol. The normalized spacial score (nSPS) is 41.2. The third kappa shape index (κ3) is 2.75. The van der Waals surface area contributed by atoms with Crippen molar-refractivity contribution in [3.8, 4) is 0 Å². The molecule has 0 aromatic heterocycles. The minimum atomic E-state index is -0.400. The first kappa shape index (κ1) is 18.5. The molecule has 0 saturated heterocycles. The van der Waals surface area contributed by atoms with Crippen molar-refractivity contribution in [1.29, 1.82) is 0 Å². The lowest BCUT2D eigenvalue weighted by atomic mass is 9.54. The molecule has 0 spiro atoms. The summed E-state index contributed by atoms with van der Waals surface area (Å²) in [5, 5.41) is 0. The van der Waals surface area contributed by atoms with Gasteiger partial charge in [-0.05, 0) is 62.7 Å². The van der Waals surface area contributed by atoms with E-state index in [0.29, 0.717) is 5.92 Å². The highest BCUT2D eigenvalue weighted by atomic mass is 16.7. The molecule has 2 fully saturated rings. The Morgan fingerprint density at radius 1 is 1.04 bits per heavy atom. The lowest BCUT2D eigenvalue weighted by Crippen LogP contribution is -2.47. The lowest BCUT2D eigenvalue weighted by Gasteiger charge is -2.52. The van der Waals surface area contributed by atoms with Gasteiger partial charge in [-0.25, -0.2) is 0 Å². The molecule has 0 radical (unpaired) electrons. The van der Waals surface area contributed by atoms with Gasteiger partial charge in [0, 0.05) is 39.4 Å². The molecule has 4 nitrogen and oxygen atoms in total.